The zero-order valence-corrected chi connectivity index (χ0v) is 24.9. The predicted octanol–water partition coefficient (Wildman–Crippen LogP) is 4.94. The van der Waals surface area contributed by atoms with Crippen LogP contribution < -0.4 is 26.7 Å². The number of anilines is 3. The summed E-state index contributed by atoms with van der Waals surface area (Å²) >= 11 is 0. The fourth-order valence-electron chi connectivity index (χ4n) is 4.80. The van der Waals surface area contributed by atoms with Crippen molar-refractivity contribution in [3.05, 3.63) is 99.0 Å². The van der Waals surface area contributed by atoms with Crippen LogP contribution in [-0.4, -0.2) is 43.5 Å². The Morgan fingerprint density at radius 1 is 0.977 bits per heavy atom. The number of aldehydes is 1. The van der Waals surface area contributed by atoms with Crippen LogP contribution in [0.5, 0.6) is 11.6 Å². The maximum absolute atomic E-state index is 12.8. The number of aromatic carboxylic acids is 1. The van der Waals surface area contributed by atoms with Gasteiger partial charge in [-0.05, 0) is 79.3 Å². The molecule has 1 fully saturated rings. The number of carbonyl (C=O) groups excluding carboxylic acids is 1. The van der Waals surface area contributed by atoms with E-state index in [1.807, 2.05) is 0 Å². The van der Waals surface area contributed by atoms with Crippen molar-refractivity contribution in [3.8, 4) is 11.6 Å². The SMILES string of the molecule is CC1CCC(Cn2c(Nc3ccc(Oc4cccc(C=O)n4)cc3)nc(=O)n(C)c2=O)CC1.CNc1ccc(C(=O)O)cc1. The molecule has 0 aliphatic heterocycles. The molecule has 2 heterocycles. The Kier molecular flexibility index (Phi) is 10.6. The third-order valence-electron chi connectivity index (χ3n) is 7.46. The van der Waals surface area contributed by atoms with Crippen LogP contribution in [0, 0.1) is 11.8 Å². The lowest BCUT2D eigenvalue weighted by Gasteiger charge is -2.27. The van der Waals surface area contributed by atoms with Gasteiger partial charge in [-0.3, -0.25) is 9.36 Å². The van der Waals surface area contributed by atoms with E-state index < -0.39 is 11.7 Å². The molecule has 12 nitrogen and oxygen atoms in total. The minimum absolute atomic E-state index is 0.232. The number of benzene rings is 2. The van der Waals surface area contributed by atoms with Gasteiger partial charge in [-0.1, -0.05) is 25.8 Å². The Morgan fingerprint density at radius 3 is 2.25 bits per heavy atom. The van der Waals surface area contributed by atoms with Gasteiger partial charge in [-0.15, -0.1) is 0 Å². The average molecular weight is 601 g/mol. The molecule has 0 saturated heterocycles. The topological polar surface area (TPSA) is 157 Å². The van der Waals surface area contributed by atoms with Crippen molar-refractivity contribution >= 4 is 29.6 Å². The Bertz CT molecular complexity index is 1690. The smallest absolute Gasteiger partial charge is 0.354 e. The number of carbonyl (C=O) groups is 2. The Labute approximate surface area is 254 Å². The van der Waals surface area contributed by atoms with Crippen LogP contribution in [0.2, 0.25) is 0 Å². The molecule has 44 heavy (non-hydrogen) atoms. The van der Waals surface area contributed by atoms with Crippen molar-refractivity contribution in [2.45, 2.75) is 39.2 Å². The quantitative estimate of drug-likeness (QED) is 0.225. The van der Waals surface area contributed by atoms with Crippen molar-refractivity contribution in [2.75, 3.05) is 17.7 Å². The van der Waals surface area contributed by atoms with E-state index in [0.29, 0.717) is 47.5 Å². The van der Waals surface area contributed by atoms with E-state index in [-0.39, 0.29) is 17.3 Å². The highest BCUT2D eigenvalue weighted by Crippen LogP contribution is 2.30. The number of pyridine rings is 1. The first-order valence-corrected chi connectivity index (χ1v) is 14.3. The Balaban J connectivity index is 0.000000339. The number of nitrogens with one attached hydrogen (secondary N) is 2. The molecule has 1 saturated carbocycles. The van der Waals surface area contributed by atoms with Crippen molar-refractivity contribution in [3.63, 3.8) is 0 Å². The van der Waals surface area contributed by atoms with E-state index in [4.69, 9.17) is 9.84 Å². The van der Waals surface area contributed by atoms with E-state index in [9.17, 15) is 19.2 Å². The van der Waals surface area contributed by atoms with Gasteiger partial charge in [0.15, 0.2) is 6.29 Å². The van der Waals surface area contributed by atoms with Crippen LogP contribution in [0.3, 0.4) is 0 Å². The van der Waals surface area contributed by atoms with Gasteiger partial charge in [-0.25, -0.2) is 23.9 Å². The summed E-state index contributed by atoms with van der Waals surface area (Å²) in [7, 11) is 3.23. The van der Waals surface area contributed by atoms with Crippen molar-refractivity contribution in [1.29, 1.82) is 0 Å². The molecule has 5 rings (SSSR count). The molecule has 230 valence electrons. The molecule has 0 amide bonds. The zero-order chi connectivity index (χ0) is 31.6. The number of nitrogens with zero attached hydrogens (tertiary/aromatic N) is 4. The van der Waals surface area contributed by atoms with Crippen molar-refractivity contribution < 1.29 is 19.4 Å². The highest BCUT2D eigenvalue weighted by Gasteiger charge is 2.21. The molecule has 0 bridgehead atoms. The molecule has 4 aromatic rings. The number of carboxylic acids is 1. The molecule has 2 aromatic heterocycles. The molecule has 12 heteroatoms. The lowest BCUT2D eigenvalue weighted by atomic mass is 9.83. The van der Waals surface area contributed by atoms with Crippen LogP contribution in [0.4, 0.5) is 17.3 Å². The summed E-state index contributed by atoms with van der Waals surface area (Å²) in [4.78, 5) is 54.5. The number of carboxylic acid groups (broad SMARTS) is 1. The maximum atomic E-state index is 12.8. The molecule has 1 aliphatic carbocycles. The molecule has 3 N–H and O–H groups in total. The third kappa shape index (κ3) is 8.40. The van der Waals surface area contributed by atoms with E-state index >= 15 is 0 Å². The van der Waals surface area contributed by atoms with Crippen LogP contribution in [0.15, 0.2) is 76.3 Å². The molecule has 0 spiro atoms. The second-order valence-corrected chi connectivity index (χ2v) is 10.7. The van der Waals surface area contributed by atoms with Crippen LogP contribution >= 0.6 is 0 Å². The van der Waals surface area contributed by atoms with Gasteiger partial charge < -0.3 is 20.5 Å². The molecular formula is C32H36N6O6. The standard InChI is InChI=1S/C24H27N5O4.C8H9NO2/c1-16-6-8-17(9-7-16)14-29-22(27-23(31)28(2)24(29)32)26-18-10-12-20(13-11-18)33-21-5-3-4-19(15-30)25-21;1-9-7-4-2-6(3-5-7)8(10)11/h3-5,10-13,15-17H,6-9,14H2,1-2H3,(H,26,27,31);2-5,9H,1H3,(H,10,11). The first-order valence-electron chi connectivity index (χ1n) is 14.3. The fourth-order valence-corrected chi connectivity index (χ4v) is 4.80. The lowest BCUT2D eigenvalue weighted by Crippen LogP contribution is -2.42. The van der Waals surface area contributed by atoms with E-state index in [1.54, 1.807) is 78.3 Å². The van der Waals surface area contributed by atoms with Gasteiger partial charge in [0.1, 0.15) is 11.4 Å². The normalized spacial score (nSPS) is 15.8. The minimum Gasteiger partial charge on any atom is -0.478 e. The Morgan fingerprint density at radius 2 is 1.64 bits per heavy atom. The molecule has 0 atom stereocenters. The maximum Gasteiger partial charge on any atom is 0.354 e. The molecule has 1 aliphatic rings. The number of ether oxygens (including phenoxy) is 1. The van der Waals surface area contributed by atoms with Crippen molar-refractivity contribution in [1.82, 2.24) is 19.1 Å². The summed E-state index contributed by atoms with van der Waals surface area (Å²) in [5, 5.41) is 14.5. The van der Waals surface area contributed by atoms with Gasteiger partial charge in [0.2, 0.25) is 11.8 Å². The molecular weight excluding hydrogens is 564 g/mol. The largest absolute Gasteiger partial charge is 0.478 e. The van der Waals surface area contributed by atoms with Gasteiger partial charge in [0.25, 0.3) is 0 Å². The first-order chi connectivity index (χ1) is 21.2. The van der Waals surface area contributed by atoms with Crippen LogP contribution in [-0.2, 0) is 13.6 Å². The van der Waals surface area contributed by atoms with Crippen molar-refractivity contribution in [2.24, 2.45) is 18.9 Å². The summed E-state index contributed by atoms with van der Waals surface area (Å²) in [5.74, 6) is 1.27. The monoisotopic (exact) mass is 600 g/mol. The summed E-state index contributed by atoms with van der Waals surface area (Å²) in [6, 6.07) is 18.5. The van der Waals surface area contributed by atoms with Crippen LogP contribution in [0.1, 0.15) is 53.5 Å². The molecule has 2 aromatic carbocycles. The highest BCUT2D eigenvalue weighted by molar-refractivity contribution is 5.88. The van der Waals surface area contributed by atoms with E-state index in [1.165, 1.54) is 7.05 Å². The van der Waals surface area contributed by atoms with Gasteiger partial charge in [0, 0.05) is 38.1 Å². The van der Waals surface area contributed by atoms with Gasteiger partial charge >= 0.3 is 17.3 Å². The predicted molar refractivity (Wildman–Crippen MR) is 167 cm³/mol. The fraction of sp³-hybridized carbons (Fsp3) is 0.312. The summed E-state index contributed by atoms with van der Waals surface area (Å²) < 4.78 is 8.28. The molecule has 0 unspecified atom stereocenters. The number of rotatable bonds is 9. The molecule has 0 radical (unpaired) electrons. The summed E-state index contributed by atoms with van der Waals surface area (Å²) in [6.45, 7) is 2.78. The van der Waals surface area contributed by atoms with Gasteiger partial charge in [0.05, 0.1) is 5.56 Å². The number of aromatic nitrogens is 4. The van der Waals surface area contributed by atoms with Gasteiger partial charge in [-0.2, -0.15) is 4.98 Å². The summed E-state index contributed by atoms with van der Waals surface area (Å²) in [6.07, 6.45) is 5.06. The zero-order valence-electron chi connectivity index (χ0n) is 24.9. The lowest BCUT2D eigenvalue weighted by molar-refractivity contribution is 0.0696. The minimum atomic E-state index is -0.896. The average Bonchev–Trinajstić information content (AvgIpc) is 3.04. The first kappa shape index (κ1) is 31.7. The van der Waals surface area contributed by atoms with E-state index in [0.717, 1.165) is 35.9 Å². The third-order valence-corrected chi connectivity index (χ3v) is 7.46. The van der Waals surface area contributed by atoms with E-state index in [2.05, 4.69) is 27.5 Å². The highest BCUT2D eigenvalue weighted by atomic mass is 16.5. The second-order valence-electron chi connectivity index (χ2n) is 10.7. The summed E-state index contributed by atoms with van der Waals surface area (Å²) in [5.41, 5.74) is 1.18. The number of hydrogen-bond acceptors (Lipinski definition) is 9. The number of hydrogen-bond donors (Lipinski definition) is 3. The Hall–Kier alpha value is -5.26. The van der Waals surface area contributed by atoms with Crippen LogP contribution in [0.25, 0.3) is 0 Å². The second kappa shape index (κ2) is 14.8.